The van der Waals surface area contributed by atoms with Gasteiger partial charge >= 0.3 is 0 Å². The molecule has 0 aliphatic carbocycles. The van der Waals surface area contributed by atoms with Gasteiger partial charge in [-0.25, -0.2) is 4.98 Å². The van der Waals surface area contributed by atoms with Gasteiger partial charge in [0.25, 0.3) is 5.91 Å². The number of aromatic nitrogens is 3. The second kappa shape index (κ2) is 5.88. The zero-order valence-corrected chi connectivity index (χ0v) is 12.4. The molecule has 1 saturated heterocycles. The standard InChI is InChI=1S/C13H23N5O2/c1-4-10-14-11(16-15-10)12(19)18-7-5-17(6-8-18)9-13(2,3)20/h20H,4-9H2,1-3H3,(H,14,15,16). The molecule has 1 aromatic heterocycles. The van der Waals surface area contributed by atoms with Crippen LogP contribution in [-0.2, 0) is 6.42 Å². The molecule has 1 aliphatic heterocycles. The number of aromatic amines is 1. The van der Waals surface area contributed by atoms with Crippen LogP contribution < -0.4 is 0 Å². The van der Waals surface area contributed by atoms with Gasteiger partial charge in [-0.2, -0.15) is 0 Å². The van der Waals surface area contributed by atoms with E-state index in [1.54, 1.807) is 18.7 Å². The Kier molecular flexibility index (Phi) is 4.39. The van der Waals surface area contributed by atoms with Crippen molar-refractivity contribution in [2.75, 3.05) is 32.7 Å². The molecule has 1 fully saturated rings. The lowest BCUT2D eigenvalue weighted by Gasteiger charge is -2.36. The van der Waals surface area contributed by atoms with Gasteiger partial charge in [-0.05, 0) is 13.8 Å². The molecule has 2 N–H and O–H groups in total. The van der Waals surface area contributed by atoms with E-state index in [4.69, 9.17) is 0 Å². The fourth-order valence-corrected chi connectivity index (χ4v) is 2.35. The first-order valence-electron chi connectivity index (χ1n) is 7.04. The minimum Gasteiger partial charge on any atom is -0.389 e. The van der Waals surface area contributed by atoms with Crippen molar-refractivity contribution in [3.8, 4) is 0 Å². The van der Waals surface area contributed by atoms with Crippen LogP contribution in [0.4, 0.5) is 0 Å². The predicted molar refractivity (Wildman–Crippen MR) is 74.4 cm³/mol. The third kappa shape index (κ3) is 3.77. The first-order chi connectivity index (χ1) is 9.39. The monoisotopic (exact) mass is 281 g/mol. The number of rotatable bonds is 4. The number of H-pyrrole nitrogens is 1. The molecule has 7 nitrogen and oxygen atoms in total. The van der Waals surface area contributed by atoms with Crippen molar-refractivity contribution in [1.29, 1.82) is 0 Å². The molecule has 0 atom stereocenters. The zero-order chi connectivity index (χ0) is 14.8. The molecular weight excluding hydrogens is 258 g/mol. The summed E-state index contributed by atoms with van der Waals surface area (Å²) in [7, 11) is 0. The number of aliphatic hydroxyl groups is 1. The van der Waals surface area contributed by atoms with Gasteiger partial charge in [-0.15, -0.1) is 5.10 Å². The Morgan fingerprint density at radius 3 is 2.50 bits per heavy atom. The number of nitrogens with zero attached hydrogens (tertiary/aromatic N) is 4. The van der Waals surface area contributed by atoms with Crippen molar-refractivity contribution in [3.05, 3.63) is 11.6 Å². The minimum atomic E-state index is -0.702. The van der Waals surface area contributed by atoms with Gasteiger partial charge in [0.05, 0.1) is 5.60 Å². The van der Waals surface area contributed by atoms with E-state index >= 15 is 0 Å². The molecule has 1 aliphatic rings. The quantitative estimate of drug-likeness (QED) is 0.805. The SMILES string of the molecule is CCc1nc(C(=O)N2CCN(CC(C)(C)O)CC2)n[nH]1. The van der Waals surface area contributed by atoms with Gasteiger partial charge in [-0.1, -0.05) is 6.92 Å². The van der Waals surface area contributed by atoms with Crippen LogP contribution in [0.15, 0.2) is 0 Å². The van der Waals surface area contributed by atoms with Crippen molar-refractivity contribution in [1.82, 2.24) is 25.0 Å². The summed E-state index contributed by atoms with van der Waals surface area (Å²) in [4.78, 5) is 20.3. The Bertz CT molecular complexity index is 458. The third-order valence-electron chi connectivity index (χ3n) is 3.33. The fraction of sp³-hybridized carbons (Fsp3) is 0.769. The van der Waals surface area contributed by atoms with E-state index in [0.717, 1.165) is 25.3 Å². The molecule has 1 aromatic rings. The molecular formula is C13H23N5O2. The maximum absolute atomic E-state index is 12.2. The fourth-order valence-electron chi connectivity index (χ4n) is 2.35. The van der Waals surface area contributed by atoms with E-state index in [-0.39, 0.29) is 11.7 Å². The highest BCUT2D eigenvalue weighted by molar-refractivity contribution is 5.90. The maximum atomic E-state index is 12.2. The highest BCUT2D eigenvalue weighted by Crippen LogP contribution is 2.10. The van der Waals surface area contributed by atoms with Crippen molar-refractivity contribution in [2.45, 2.75) is 32.8 Å². The first kappa shape index (κ1) is 14.9. The van der Waals surface area contributed by atoms with Gasteiger partial charge in [0.15, 0.2) is 0 Å². The summed E-state index contributed by atoms with van der Waals surface area (Å²) < 4.78 is 0. The molecule has 7 heteroatoms. The van der Waals surface area contributed by atoms with Crippen LogP contribution in [0.2, 0.25) is 0 Å². The van der Waals surface area contributed by atoms with Crippen molar-refractivity contribution in [3.63, 3.8) is 0 Å². The molecule has 20 heavy (non-hydrogen) atoms. The maximum Gasteiger partial charge on any atom is 0.293 e. The first-order valence-corrected chi connectivity index (χ1v) is 7.04. The number of carbonyl (C=O) groups is 1. The zero-order valence-electron chi connectivity index (χ0n) is 12.4. The van der Waals surface area contributed by atoms with Crippen LogP contribution in [0.3, 0.4) is 0 Å². The van der Waals surface area contributed by atoms with E-state index in [1.807, 2.05) is 6.92 Å². The Hall–Kier alpha value is -1.47. The third-order valence-corrected chi connectivity index (χ3v) is 3.33. The Morgan fingerprint density at radius 1 is 1.35 bits per heavy atom. The van der Waals surface area contributed by atoms with E-state index < -0.39 is 5.60 Å². The Labute approximate surface area is 119 Å². The lowest BCUT2D eigenvalue weighted by molar-refractivity contribution is 0.0176. The number of aryl methyl sites for hydroxylation is 1. The Morgan fingerprint density at radius 2 is 2.00 bits per heavy atom. The minimum absolute atomic E-state index is 0.121. The van der Waals surface area contributed by atoms with Crippen LogP contribution >= 0.6 is 0 Å². The summed E-state index contributed by atoms with van der Waals surface area (Å²) in [5.74, 6) is 0.857. The molecule has 0 aromatic carbocycles. The Balaban J connectivity index is 1.88. The van der Waals surface area contributed by atoms with Crippen molar-refractivity contribution in [2.24, 2.45) is 0 Å². The van der Waals surface area contributed by atoms with Crippen molar-refractivity contribution >= 4 is 5.91 Å². The highest BCUT2D eigenvalue weighted by atomic mass is 16.3. The van der Waals surface area contributed by atoms with E-state index in [0.29, 0.717) is 19.6 Å². The van der Waals surface area contributed by atoms with Crippen LogP contribution in [0.1, 0.15) is 37.2 Å². The normalized spacial score (nSPS) is 17.5. The molecule has 0 saturated carbocycles. The van der Waals surface area contributed by atoms with Crippen molar-refractivity contribution < 1.29 is 9.90 Å². The van der Waals surface area contributed by atoms with Crippen LogP contribution in [0.5, 0.6) is 0 Å². The number of hydrogen-bond acceptors (Lipinski definition) is 5. The summed E-state index contributed by atoms with van der Waals surface area (Å²) in [5.41, 5.74) is -0.702. The van der Waals surface area contributed by atoms with Crippen LogP contribution in [-0.4, -0.2) is 74.3 Å². The van der Waals surface area contributed by atoms with Gasteiger partial charge < -0.3 is 10.0 Å². The van der Waals surface area contributed by atoms with Crippen LogP contribution in [0, 0.1) is 0 Å². The molecule has 1 amide bonds. The lowest BCUT2D eigenvalue weighted by Crippen LogP contribution is -2.52. The second-order valence-electron chi connectivity index (χ2n) is 5.84. The summed E-state index contributed by atoms with van der Waals surface area (Å²) in [5, 5.41) is 16.5. The van der Waals surface area contributed by atoms with Gasteiger partial charge in [0.2, 0.25) is 5.82 Å². The number of nitrogens with one attached hydrogen (secondary N) is 1. The molecule has 0 bridgehead atoms. The molecule has 0 spiro atoms. The molecule has 2 heterocycles. The number of carbonyl (C=O) groups excluding carboxylic acids is 1. The molecule has 2 rings (SSSR count). The highest BCUT2D eigenvalue weighted by Gasteiger charge is 2.27. The van der Waals surface area contributed by atoms with E-state index in [2.05, 4.69) is 20.1 Å². The average molecular weight is 281 g/mol. The summed E-state index contributed by atoms with van der Waals surface area (Å²) >= 11 is 0. The predicted octanol–water partition coefficient (Wildman–Crippen LogP) is -0.104. The van der Waals surface area contributed by atoms with E-state index in [1.165, 1.54) is 0 Å². The summed E-state index contributed by atoms with van der Waals surface area (Å²) in [6, 6.07) is 0. The lowest BCUT2D eigenvalue weighted by atomic mass is 10.1. The average Bonchev–Trinajstić information content (AvgIpc) is 2.85. The van der Waals surface area contributed by atoms with Gasteiger partial charge in [0, 0.05) is 39.1 Å². The summed E-state index contributed by atoms with van der Waals surface area (Å²) in [6.07, 6.45) is 0.736. The smallest absolute Gasteiger partial charge is 0.293 e. The van der Waals surface area contributed by atoms with E-state index in [9.17, 15) is 9.90 Å². The van der Waals surface area contributed by atoms with Gasteiger partial charge in [-0.3, -0.25) is 14.8 Å². The molecule has 112 valence electrons. The molecule has 0 unspecified atom stereocenters. The second-order valence-corrected chi connectivity index (χ2v) is 5.84. The number of amides is 1. The topological polar surface area (TPSA) is 85.3 Å². The van der Waals surface area contributed by atoms with Crippen LogP contribution in [0.25, 0.3) is 0 Å². The number of piperazine rings is 1. The number of β-amino-alcohol motifs (C(OH)–C–C–N with tert-alkyl or cyclic N) is 1. The number of hydrogen-bond donors (Lipinski definition) is 2. The van der Waals surface area contributed by atoms with Gasteiger partial charge in [0.1, 0.15) is 5.82 Å². The summed E-state index contributed by atoms with van der Waals surface area (Å²) in [6.45, 7) is 8.99. The molecule has 0 radical (unpaired) electrons. The largest absolute Gasteiger partial charge is 0.389 e.